The first-order chi connectivity index (χ1) is 9.01. The lowest BCUT2D eigenvalue weighted by Crippen LogP contribution is -2.39. The van der Waals surface area contributed by atoms with Crippen molar-refractivity contribution in [3.63, 3.8) is 0 Å². The standard InChI is InChI=1S/C15H18BrClO2/c16-12-6-5-11(13(17)10-12)9-14(18)15(19)7-3-1-2-4-8-15/h5-6,10,19H,1-4,7-9H2. The average molecular weight is 346 g/mol. The molecule has 0 heterocycles. The van der Waals surface area contributed by atoms with Crippen LogP contribution in [0.3, 0.4) is 0 Å². The molecular weight excluding hydrogens is 328 g/mol. The highest BCUT2D eigenvalue weighted by Crippen LogP contribution is 2.30. The summed E-state index contributed by atoms with van der Waals surface area (Å²) in [6, 6.07) is 5.48. The van der Waals surface area contributed by atoms with Gasteiger partial charge in [-0.3, -0.25) is 4.79 Å². The third-order valence-corrected chi connectivity index (χ3v) is 4.66. The van der Waals surface area contributed by atoms with Crippen molar-refractivity contribution in [3.8, 4) is 0 Å². The summed E-state index contributed by atoms with van der Waals surface area (Å²) in [6.07, 6.45) is 5.44. The molecule has 0 saturated heterocycles. The maximum atomic E-state index is 12.4. The van der Waals surface area contributed by atoms with E-state index in [4.69, 9.17) is 11.6 Å². The number of carbonyl (C=O) groups excluding carboxylic acids is 1. The van der Waals surface area contributed by atoms with Crippen LogP contribution in [0.15, 0.2) is 22.7 Å². The van der Waals surface area contributed by atoms with Gasteiger partial charge in [0.15, 0.2) is 5.78 Å². The molecule has 0 amide bonds. The Morgan fingerprint density at radius 1 is 1.26 bits per heavy atom. The molecule has 104 valence electrons. The molecule has 0 bridgehead atoms. The van der Waals surface area contributed by atoms with Crippen LogP contribution in [0.4, 0.5) is 0 Å². The van der Waals surface area contributed by atoms with Crippen molar-refractivity contribution in [1.82, 2.24) is 0 Å². The molecule has 1 fully saturated rings. The first kappa shape index (κ1) is 15.0. The highest BCUT2D eigenvalue weighted by molar-refractivity contribution is 9.10. The molecule has 0 atom stereocenters. The predicted molar refractivity (Wildman–Crippen MR) is 80.5 cm³/mol. The van der Waals surface area contributed by atoms with Crippen LogP contribution in [-0.4, -0.2) is 16.5 Å². The van der Waals surface area contributed by atoms with E-state index in [1.54, 1.807) is 6.07 Å². The molecule has 1 aromatic carbocycles. The number of halogens is 2. The number of carbonyl (C=O) groups is 1. The first-order valence-corrected chi connectivity index (χ1v) is 7.88. The largest absolute Gasteiger partial charge is 0.382 e. The SMILES string of the molecule is O=C(Cc1ccc(Br)cc1Cl)C1(O)CCCCCC1. The number of hydrogen-bond donors (Lipinski definition) is 1. The third-order valence-electron chi connectivity index (χ3n) is 3.82. The van der Waals surface area contributed by atoms with E-state index in [0.29, 0.717) is 17.9 Å². The van der Waals surface area contributed by atoms with E-state index in [1.807, 2.05) is 12.1 Å². The van der Waals surface area contributed by atoms with Gasteiger partial charge in [-0.15, -0.1) is 0 Å². The molecule has 1 aliphatic rings. The van der Waals surface area contributed by atoms with Crippen molar-refractivity contribution < 1.29 is 9.90 Å². The molecule has 0 aromatic heterocycles. The van der Waals surface area contributed by atoms with Crippen molar-refractivity contribution in [2.75, 3.05) is 0 Å². The second-order valence-electron chi connectivity index (χ2n) is 5.28. The molecule has 0 unspecified atom stereocenters. The van der Waals surface area contributed by atoms with Gasteiger partial charge in [-0.1, -0.05) is 59.3 Å². The monoisotopic (exact) mass is 344 g/mol. The van der Waals surface area contributed by atoms with Crippen molar-refractivity contribution in [3.05, 3.63) is 33.3 Å². The minimum atomic E-state index is -1.15. The Hall–Kier alpha value is -0.380. The molecule has 19 heavy (non-hydrogen) atoms. The van der Waals surface area contributed by atoms with Gasteiger partial charge in [0, 0.05) is 15.9 Å². The van der Waals surface area contributed by atoms with Crippen LogP contribution in [0.25, 0.3) is 0 Å². The molecule has 1 saturated carbocycles. The van der Waals surface area contributed by atoms with E-state index in [9.17, 15) is 9.90 Å². The summed E-state index contributed by atoms with van der Waals surface area (Å²) in [4.78, 5) is 12.4. The number of aliphatic hydroxyl groups is 1. The number of hydrogen-bond acceptors (Lipinski definition) is 2. The number of benzene rings is 1. The average Bonchev–Trinajstić information content (AvgIpc) is 2.58. The zero-order valence-corrected chi connectivity index (χ0v) is 13.1. The number of Topliss-reactive ketones (excluding diaryl/α,β-unsaturated/α-hetero) is 1. The van der Waals surface area contributed by atoms with Gasteiger partial charge < -0.3 is 5.11 Å². The van der Waals surface area contributed by atoms with Crippen molar-refractivity contribution in [2.45, 2.75) is 50.5 Å². The zero-order chi connectivity index (χ0) is 13.9. The summed E-state index contributed by atoms with van der Waals surface area (Å²) in [5.74, 6) is -0.0985. The van der Waals surface area contributed by atoms with Gasteiger partial charge >= 0.3 is 0 Å². The molecule has 2 nitrogen and oxygen atoms in total. The van der Waals surface area contributed by atoms with Gasteiger partial charge in [0.05, 0.1) is 0 Å². The highest BCUT2D eigenvalue weighted by Gasteiger charge is 2.35. The summed E-state index contributed by atoms with van der Waals surface area (Å²) in [5, 5.41) is 11.1. The Morgan fingerprint density at radius 2 is 1.89 bits per heavy atom. The number of rotatable bonds is 3. The first-order valence-electron chi connectivity index (χ1n) is 6.71. The Kier molecular flexibility index (Phi) is 5.04. The van der Waals surface area contributed by atoms with Gasteiger partial charge in [0.2, 0.25) is 0 Å². The van der Waals surface area contributed by atoms with E-state index < -0.39 is 5.60 Å². The Bertz CT molecular complexity index is 465. The van der Waals surface area contributed by atoms with E-state index in [2.05, 4.69) is 15.9 Å². The molecule has 0 radical (unpaired) electrons. The van der Waals surface area contributed by atoms with Crippen LogP contribution in [-0.2, 0) is 11.2 Å². The van der Waals surface area contributed by atoms with Crippen molar-refractivity contribution in [2.24, 2.45) is 0 Å². The number of ketones is 1. The fourth-order valence-corrected chi connectivity index (χ4v) is 3.34. The van der Waals surface area contributed by atoms with Gasteiger partial charge in [-0.25, -0.2) is 0 Å². The molecule has 1 N–H and O–H groups in total. The smallest absolute Gasteiger partial charge is 0.168 e. The van der Waals surface area contributed by atoms with Crippen LogP contribution in [0.1, 0.15) is 44.1 Å². The van der Waals surface area contributed by atoms with Crippen molar-refractivity contribution in [1.29, 1.82) is 0 Å². The predicted octanol–water partition coefficient (Wildman–Crippen LogP) is 4.30. The molecule has 4 heteroatoms. The summed E-state index contributed by atoms with van der Waals surface area (Å²) < 4.78 is 0.891. The van der Waals surface area contributed by atoms with Gasteiger partial charge in [0.1, 0.15) is 5.60 Å². The Morgan fingerprint density at radius 3 is 2.47 bits per heavy atom. The third kappa shape index (κ3) is 3.80. The summed E-state index contributed by atoms with van der Waals surface area (Å²) in [7, 11) is 0. The van der Waals surface area contributed by atoms with Crippen LogP contribution >= 0.6 is 27.5 Å². The second kappa shape index (κ2) is 6.38. The van der Waals surface area contributed by atoms with E-state index in [1.165, 1.54) is 0 Å². The molecule has 0 spiro atoms. The minimum Gasteiger partial charge on any atom is -0.382 e. The van der Waals surface area contributed by atoms with Gasteiger partial charge in [0.25, 0.3) is 0 Å². The maximum absolute atomic E-state index is 12.4. The highest BCUT2D eigenvalue weighted by atomic mass is 79.9. The lowest BCUT2D eigenvalue weighted by atomic mass is 9.86. The zero-order valence-electron chi connectivity index (χ0n) is 10.8. The van der Waals surface area contributed by atoms with Crippen molar-refractivity contribution >= 4 is 33.3 Å². The van der Waals surface area contributed by atoms with E-state index in [0.717, 1.165) is 35.7 Å². The van der Waals surface area contributed by atoms with Crippen LogP contribution in [0.2, 0.25) is 5.02 Å². The van der Waals surface area contributed by atoms with Gasteiger partial charge in [-0.2, -0.15) is 0 Å². The normalized spacial score (nSPS) is 18.9. The van der Waals surface area contributed by atoms with Crippen LogP contribution < -0.4 is 0 Å². The lowest BCUT2D eigenvalue weighted by Gasteiger charge is -2.25. The van der Waals surface area contributed by atoms with Crippen LogP contribution in [0, 0.1) is 0 Å². The van der Waals surface area contributed by atoms with Crippen LogP contribution in [0.5, 0.6) is 0 Å². The molecule has 0 aliphatic heterocycles. The molecule has 1 aliphatic carbocycles. The topological polar surface area (TPSA) is 37.3 Å². The molecular formula is C15H18BrClO2. The fraction of sp³-hybridized carbons (Fsp3) is 0.533. The second-order valence-corrected chi connectivity index (χ2v) is 6.60. The summed E-state index contributed by atoms with van der Waals surface area (Å²) >= 11 is 9.47. The molecule has 2 rings (SSSR count). The van der Waals surface area contributed by atoms with Gasteiger partial charge in [-0.05, 0) is 30.5 Å². The Labute approximate surface area is 127 Å². The fourth-order valence-electron chi connectivity index (χ4n) is 2.59. The lowest BCUT2D eigenvalue weighted by molar-refractivity contribution is -0.138. The van der Waals surface area contributed by atoms with E-state index in [-0.39, 0.29) is 12.2 Å². The maximum Gasteiger partial charge on any atom is 0.168 e. The summed E-state index contributed by atoms with van der Waals surface area (Å²) in [6.45, 7) is 0. The molecule has 1 aromatic rings. The summed E-state index contributed by atoms with van der Waals surface area (Å²) in [5.41, 5.74) is -0.361. The van der Waals surface area contributed by atoms with E-state index >= 15 is 0 Å². The quantitative estimate of drug-likeness (QED) is 0.829. The minimum absolute atomic E-state index is 0.0985. The Balaban J connectivity index is 2.11.